The molecule has 0 bridgehead atoms. The van der Waals surface area contributed by atoms with E-state index in [0.717, 1.165) is 0 Å². The molecule has 1 heterocycles. The van der Waals surface area contributed by atoms with Crippen molar-refractivity contribution in [3.8, 4) is 0 Å². The molecular formula is C7H14BF3KNO. The van der Waals surface area contributed by atoms with Crippen molar-refractivity contribution in [3.05, 3.63) is 0 Å². The molecule has 1 aliphatic heterocycles. The standard InChI is InChI=1S/C7H14BF3NO.K/c1-7(2)6(13)3-4-12(7)5-8(9,10)11;/h6,13H,3-5H2,1-2H3;/q-1;+1. The SMILES string of the molecule is CC1(C)C(O)CCN1C[B-](F)(F)F.[K+]. The van der Waals surface area contributed by atoms with Gasteiger partial charge in [0.1, 0.15) is 0 Å². The Morgan fingerprint density at radius 1 is 1.43 bits per heavy atom. The maximum Gasteiger partial charge on any atom is 1.00 e. The predicted molar refractivity (Wildman–Crippen MR) is 45.4 cm³/mol. The second kappa shape index (κ2) is 5.16. The van der Waals surface area contributed by atoms with Crippen LogP contribution in [0.1, 0.15) is 20.3 Å². The second-order valence-electron chi connectivity index (χ2n) is 4.11. The van der Waals surface area contributed by atoms with Gasteiger partial charge in [0.25, 0.3) is 0 Å². The van der Waals surface area contributed by atoms with Gasteiger partial charge in [0, 0.05) is 5.54 Å². The zero-order chi connectivity index (χ0) is 10.3. The Hall–Kier alpha value is 1.41. The van der Waals surface area contributed by atoms with Crippen molar-refractivity contribution in [2.45, 2.75) is 31.9 Å². The van der Waals surface area contributed by atoms with Gasteiger partial charge in [-0.25, -0.2) is 0 Å². The van der Waals surface area contributed by atoms with Crippen molar-refractivity contribution in [2.24, 2.45) is 0 Å². The van der Waals surface area contributed by atoms with Crippen LogP contribution in [-0.4, -0.2) is 41.6 Å². The minimum atomic E-state index is -4.79. The molecule has 0 aromatic heterocycles. The van der Waals surface area contributed by atoms with E-state index in [1.165, 1.54) is 4.90 Å². The molecule has 1 atom stereocenters. The van der Waals surface area contributed by atoms with Crippen LogP contribution in [0.25, 0.3) is 0 Å². The molecule has 0 aromatic rings. The number of rotatable bonds is 2. The molecule has 78 valence electrons. The van der Waals surface area contributed by atoms with Crippen molar-refractivity contribution in [1.29, 1.82) is 0 Å². The second-order valence-corrected chi connectivity index (χ2v) is 4.11. The number of hydrogen-bond acceptors (Lipinski definition) is 2. The van der Waals surface area contributed by atoms with Gasteiger partial charge in [0.15, 0.2) is 0 Å². The first-order chi connectivity index (χ1) is 5.73. The Morgan fingerprint density at radius 3 is 2.21 bits per heavy atom. The van der Waals surface area contributed by atoms with E-state index in [1.807, 2.05) is 0 Å². The third-order valence-corrected chi connectivity index (χ3v) is 2.73. The fourth-order valence-corrected chi connectivity index (χ4v) is 1.71. The minimum absolute atomic E-state index is 0. The first-order valence-electron chi connectivity index (χ1n) is 4.37. The fourth-order valence-electron chi connectivity index (χ4n) is 1.71. The summed E-state index contributed by atoms with van der Waals surface area (Å²) in [6, 6.07) is 0. The molecule has 2 nitrogen and oxygen atoms in total. The van der Waals surface area contributed by atoms with Crippen LogP contribution in [-0.2, 0) is 0 Å². The Balaban J connectivity index is 0.00000169. The van der Waals surface area contributed by atoms with Gasteiger partial charge in [-0.15, -0.1) is 0 Å². The summed E-state index contributed by atoms with van der Waals surface area (Å²) in [5.41, 5.74) is -0.739. The number of hydrogen-bond donors (Lipinski definition) is 1. The van der Waals surface area contributed by atoms with Crippen molar-refractivity contribution in [2.75, 3.05) is 13.0 Å². The molecule has 0 aromatic carbocycles. The average Bonchev–Trinajstić information content (AvgIpc) is 2.13. The van der Waals surface area contributed by atoms with Gasteiger partial charge in [-0.05, 0) is 33.3 Å². The minimum Gasteiger partial charge on any atom is -0.448 e. The number of aliphatic hydroxyl groups excluding tert-OH is 1. The summed E-state index contributed by atoms with van der Waals surface area (Å²) in [5.74, 6) is 0. The van der Waals surface area contributed by atoms with E-state index in [-0.39, 0.29) is 51.4 Å². The van der Waals surface area contributed by atoms with Gasteiger partial charge in [-0.1, -0.05) is 0 Å². The molecule has 1 rings (SSSR count). The monoisotopic (exact) mass is 235 g/mol. The van der Waals surface area contributed by atoms with E-state index in [4.69, 9.17) is 0 Å². The predicted octanol–water partition coefficient (Wildman–Crippen LogP) is -1.78. The molecule has 0 saturated carbocycles. The van der Waals surface area contributed by atoms with E-state index in [1.54, 1.807) is 13.8 Å². The molecular weight excluding hydrogens is 221 g/mol. The molecule has 7 heteroatoms. The van der Waals surface area contributed by atoms with E-state index in [9.17, 15) is 18.1 Å². The summed E-state index contributed by atoms with van der Waals surface area (Å²) in [7, 11) is 0. The van der Waals surface area contributed by atoms with E-state index >= 15 is 0 Å². The van der Waals surface area contributed by atoms with Crippen LogP contribution in [0.2, 0.25) is 0 Å². The first kappa shape index (κ1) is 15.4. The van der Waals surface area contributed by atoms with Crippen molar-refractivity contribution >= 4 is 6.98 Å². The fraction of sp³-hybridized carbons (Fsp3) is 1.00. The first-order valence-corrected chi connectivity index (χ1v) is 4.37. The average molecular weight is 235 g/mol. The van der Waals surface area contributed by atoms with Gasteiger partial charge < -0.3 is 23.0 Å². The van der Waals surface area contributed by atoms with Crippen LogP contribution in [0, 0.1) is 0 Å². The van der Waals surface area contributed by atoms with Crippen LogP contribution in [0.4, 0.5) is 12.9 Å². The Labute approximate surface area is 125 Å². The third-order valence-electron chi connectivity index (χ3n) is 2.73. The largest absolute Gasteiger partial charge is 1.00 e. The van der Waals surface area contributed by atoms with Crippen LogP contribution in [0.3, 0.4) is 0 Å². The molecule has 1 N–H and O–H groups in total. The van der Waals surface area contributed by atoms with Gasteiger partial charge in [-0.3, -0.25) is 0 Å². The molecule has 1 fully saturated rings. The quantitative estimate of drug-likeness (QED) is 0.572. The van der Waals surface area contributed by atoms with Gasteiger partial charge in [0.05, 0.1) is 6.10 Å². The zero-order valence-electron chi connectivity index (χ0n) is 8.80. The number of nitrogens with zero attached hydrogens (tertiary/aromatic N) is 1. The van der Waals surface area contributed by atoms with Crippen molar-refractivity contribution in [3.63, 3.8) is 0 Å². The Bertz CT molecular complexity index is 200. The Kier molecular flexibility index (Phi) is 5.68. The number of likely N-dealkylation sites (tertiary alicyclic amines) is 1. The molecule has 14 heavy (non-hydrogen) atoms. The van der Waals surface area contributed by atoms with Crippen LogP contribution < -0.4 is 51.4 Å². The third kappa shape index (κ3) is 3.77. The normalized spacial score (nSPS) is 27.4. The molecule has 1 saturated heterocycles. The number of halogens is 3. The Morgan fingerprint density at radius 2 is 1.93 bits per heavy atom. The topological polar surface area (TPSA) is 23.5 Å². The summed E-state index contributed by atoms with van der Waals surface area (Å²) in [5, 5.41) is 9.42. The molecule has 0 spiro atoms. The molecule has 0 aliphatic carbocycles. The summed E-state index contributed by atoms with van der Waals surface area (Å²) < 4.78 is 36.4. The zero-order valence-corrected chi connectivity index (χ0v) is 11.9. The molecule has 1 aliphatic rings. The van der Waals surface area contributed by atoms with Crippen LogP contribution in [0.5, 0.6) is 0 Å². The smallest absolute Gasteiger partial charge is 0.448 e. The summed E-state index contributed by atoms with van der Waals surface area (Å²) in [6.07, 6.45) is -1.09. The number of aliphatic hydroxyl groups is 1. The summed E-state index contributed by atoms with van der Waals surface area (Å²) in [4.78, 5) is 1.30. The molecule has 0 radical (unpaired) electrons. The van der Waals surface area contributed by atoms with Crippen LogP contribution >= 0.6 is 0 Å². The van der Waals surface area contributed by atoms with E-state index in [0.29, 0.717) is 13.0 Å². The van der Waals surface area contributed by atoms with Gasteiger partial charge >= 0.3 is 58.4 Å². The van der Waals surface area contributed by atoms with Gasteiger partial charge in [0.2, 0.25) is 0 Å². The molecule has 0 amide bonds. The van der Waals surface area contributed by atoms with E-state index < -0.39 is 25.1 Å². The maximum absolute atomic E-state index is 12.1. The molecule has 1 unspecified atom stereocenters. The maximum atomic E-state index is 12.1. The van der Waals surface area contributed by atoms with Gasteiger partial charge in [-0.2, -0.15) is 0 Å². The van der Waals surface area contributed by atoms with E-state index in [2.05, 4.69) is 0 Å². The summed E-state index contributed by atoms with van der Waals surface area (Å²) in [6.45, 7) is -1.17. The van der Waals surface area contributed by atoms with Crippen molar-refractivity contribution < 1.29 is 69.4 Å². The van der Waals surface area contributed by atoms with Crippen LogP contribution in [0.15, 0.2) is 0 Å². The summed E-state index contributed by atoms with van der Waals surface area (Å²) >= 11 is 0. The van der Waals surface area contributed by atoms with Crippen molar-refractivity contribution in [1.82, 2.24) is 4.90 Å².